The van der Waals surface area contributed by atoms with Gasteiger partial charge in [0.25, 0.3) is 0 Å². The Labute approximate surface area is 226 Å². The first-order valence-corrected chi connectivity index (χ1v) is 13.9. The van der Waals surface area contributed by atoms with E-state index < -0.39 is 31.7 Å². The SMILES string of the molecule is C[C@](N)(COP(=O)(O)O)c1nc(-c2ccc(Sc3cccc(OCc4ccccc4)c3)c(C(F)(F)F)c2)c[nH]1. The molecule has 39 heavy (non-hydrogen) atoms. The summed E-state index contributed by atoms with van der Waals surface area (Å²) in [5.74, 6) is 0.621. The number of ether oxygens (including phenoxy) is 1. The number of phosphoric acid groups is 1. The van der Waals surface area contributed by atoms with Crippen molar-refractivity contribution in [1.29, 1.82) is 0 Å². The molecule has 1 heterocycles. The fraction of sp³-hybridized carbons (Fsp3) is 0.192. The van der Waals surface area contributed by atoms with E-state index in [1.54, 1.807) is 24.3 Å². The molecule has 0 aliphatic carbocycles. The van der Waals surface area contributed by atoms with Crippen molar-refractivity contribution in [3.05, 3.63) is 95.9 Å². The molecule has 1 aromatic heterocycles. The molecule has 4 aromatic rings. The van der Waals surface area contributed by atoms with Crippen molar-refractivity contribution in [3.8, 4) is 17.0 Å². The molecular formula is C26H25F3N3O5PS. The van der Waals surface area contributed by atoms with Crippen LogP contribution in [0.15, 0.2) is 88.8 Å². The Morgan fingerprint density at radius 3 is 2.49 bits per heavy atom. The van der Waals surface area contributed by atoms with Crippen molar-refractivity contribution in [3.63, 3.8) is 0 Å². The largest absolute Gasteiger partial charge is 0.489 e. The summed E-state index contributed by atoms with van der Waals surface area (Å²) < 4.78 is 63.5. The Bertz CT molecular complexity index is 1480. The number of imidazole rings is 1. The Hall–Kier alpha value is -3.12. The fourth-order valence-corrected chi connectivity index (χ4v) is 4.98. The van der Waals surface area contributed by atoms with E-state index in [4.69, 9.17) is 20.3 Å². The Morgan fingerprint density at radius 2 is 1.79 bits per heavy atom. The molecule has 3 aromatic carbocycles. The second-order valence-corrected chi connectivity index (χ2v) is 11.2. The number of nitrogens with one attached hydrogen (secondary N) is 1. The second kappa shape index (κ2) is 11.5. The van der Waals surface area contributed by atoms with Gasteiger partial charge in [0.2, 0.25) is 0 Å². The lowest BCUT2D eigenvalue weighted by Crippen LogP contribution is -2.39. The van der Waals surface area contributed by atoms with Crippen molar-refractivity contribution in [2.45, 2.75) is 35.0 Å². The van der Waals surface area contributed by atoms with Gasteiger partial charge in [-0.15, -0.1) is 0 Å². The van der Waals surface area contributed by atoms with Crippen LogP contribution < -0.4 is 10.5 Å². The van der Waals surface area contributed by atoms with Crippen LogP contribution in [-0.4, -0.2) is 26.4 Å². The van der Waals surface area contributed by atoms with Crippen LogP contribution in [0.4, 0.5) is 13.2 Å². The maximum atomic E-state index is 14.1. The van der Waals surface area contributed by atoms with Crippen LogP contribution >= 0.6 is 19.6 Å². The first-order chi connectivity index (χ1) is 18.3. The zero-order valence-electron chi connectivity index (χ0n) is 20.6. The number of hydrogen-bond donors (Lipinski definition) is 4. The van der Waals surface area contributed by atoms with E-state index in [2.05, 4.69) is 14.5 Å². The Balaban J connectivity index is 1.55. The highest BCUT2D eigenvalue weighted by Gasteiger charge is 2.35. The highest BCUT2D eigenvalue weighted by atomic mass is 32.2. The number of phosphoric ester groups is 1. The van der Waals surface area contributed by atoms with E-state index >= 15 is 0 Å². The van der Waals surface area contributed by atoms with Gasteiger partial charge in [-0.3, -0.25) is 4.52 Å². The Morgan fingerprint density at radius 1 is 1.05 bits per heavy atom. The van der Waals surface area contributed by atoms with E-state index in [9.17, 15) is 17.7 Å². The summed E-state index contributed by atoms with van der Waals surface area (Å²) in [4.78, 5) is 25.4. The number of halogens is 3. The van der Waals surface area contributed by atoms with E-state index in [1.165, 1.54) is 25.3 Å². The lowest BCUT2D eigenvalue weighted by Gasteiger charge is -2.21. The summed E-state index contributed by atoms with van der Waals surface area (Å²) in [7, 11) is -4.77. The van der Waals surface area contributed by atoms with Gasteiger partial charge in [-0.2, -0.15) is 13.2 Å². The van der Waals surface area contributed by atoms with Gasteiger partial charge in [-0.25, -0.2) is 9.55 Å². The monoisotopic (exact) mass is 579 g/mol. The number of nitrogens with zero attached hydrogens (tertiary/aromatic N) is 1. The number of benzene rings is 3. The number of alkyl halides is 3. The molecule has 0 bridgehead atoms. The van der Waals surface area contributed by atoms with Crippen LogP contribution in [0.3, 0.4) is 0 Å². The number of aromatic nitrogens is 2. The van der Waals surface area contributed by atoms with E-state index in [0.29, 0.717) is 17.3 Å². The molecule has 0 amide bonds. The van der Waals surface area contributed by atoms with Gasteiger partial charge in [0.1, 0.15) is 18.2 Å². The molecule has 0 saturated heterocycles. The van der Waals surface area contributed by atoms with Gasteiger partial charge in [0.05, 0.1) is 23.4 Å². The van der Waals surface area contributed by atoms with Gasteiger partial charge in [-0.05, 0) is 42.8 Å². The molecule has 0 spiro atoms. The van der Waals surface area contributed by atoms with Crippen molar-refractivity contribution in [2.24, 2.45) is 5.73 Å². The zero-order valence-corrected chi connectivity index (χ0v) is 22.3. The molecule has 5 N–H and O–H groups in total. The maximum Gasteiger partial charge on any atom is 0.469 e. The normalized spacial score (nSPS) is 13.7. The molecule has 8 nitrogen and oxygen atoms in total. The van der Waals surface area contributed by atoms with Crippen molar-refractivity contribution >= 4 is 19.6 Å². The first kappa shape index (κ1) is 28.9. The zero-order chi connectivity index (χ0) is 28.3. The summed E-state index contributed by atoms with van der Waals surface area (Å²) in [5, 5.41) is 0. The van der Waals surface area contributed by atoms with Crippen LogP contribution in [0.1, 0.15) is 23.9 Å². The van der Waals surface area contributed by atoms with Gasteiger partial charge in [0.15, 0.2) is 0 Å². The average molecular weight is 580 g/mol. The number of rotatable bonds is 10. The first-order valence-electron chi connectivity index (χ1n) is 11.5. The molecule has 1 atom stereocenters. The topological polar surface area (TPSA) is 131 Å². The number of nitrogens with two attached hydrogens (primary N) is 1. The molecule has 206 valence electrons. The molecule has 0 radical (unpaired) electrons. The number of H-pyrrole nitrogens is 1. The van der Waals surface area contributed by atoms with Crippen molar-refractivity contribution in [1.82, 2.24) is 9.97 Å². The molecular weight excluding hydrogens is 554 g/mol. The minimum atomic E-state index is -4.77. The molecule has 0 saturated carbocycles. The molecule has 0 fully saturated rings. The van der Waals surface area contributed by atoms with Gasteiger partial charge >= 0.3 is 14.0 Å². The maximum absolute atomic E-state index is 14.1. The summed E-state index contributed by atoms with van der Waals surface area (Å²) in [6, 6.07) is 20.2. The number of hydrogen-bond acceptors (Lipinski definition) is 6. The predicted octanol–water partition coefficient (Wildman–Crippen LogP) is 6.11. The summed E-state index contributed by atoms with van der Waals surface area (Å²) >= 11 is 0.961. The molecule has 4 rings (SSSR count). The summed E-state index contributed by atoms with van der Waals surface area (Å²) in [6.45, 7) is 1.18. The summed E-state index contributed by atoms with van der Waals surface area (Å²) in [6.07, 6.45) is -3.27. The van der Waals surface area contributed by atoms with Gasteiger partial charge in [0, 0.05) is 21.6 Å². The lowest BCUT2D eigenvalue weighted by atomic mass is 10.1. The third-order valence-corrected chi connectivity index (χ3v) is 7.04. The van der Waals surface area contributed by atoms with Crippen LogP contribution in [0, 0.1) is 0 Å². The van der Waals surface area contributed by atoms with Crippen molar-refractivity contribution < 1.29 is 36.8 Å². The van der Waals surface area contributed by atoms with Crippen LogP contribution in [0.25, 0.3) is 11.3 Å². The van der Waals surface area contributed by atoms with Crippen LogP contribution in [0.2, 0.25) is 0 Å². The molecule has 0 aliphatic rings. The van der Waals surface area contributed by atoms with Gasteiger partial charge < -0.3 is 25.2 Å². The highest BCUT2D eigenvalue weighted by molar-refractivity contribution is 7.99. The smallest absolute Gasteiger partial charge is 0.469 e. The third-order valence-electron chi connectivity index (χ3n) is 5.51. The predicted molar refractivity (Wildman–Crippen MR) is 140 cm³/mol. The highest BCUT2D eigenvalue weighted by Crippen LogP contribution is 2.42. The van der Waals surface area contributed by atoms with Crippen molar-refractivity contribution in [2.75, 3.05) is 6.61 Å². The third kappa shape index (κ3) is 7.95. The molecule has 0 aliphatic heterocycles. The number of aromatic amines is 1. The van der Waals surface area contributed by atoms with E-state index in [0.717, 1.165) is 23.4 Å². The molecule has 13 heteroatoms. The quantitative estimate of drug-likeness (QED) is 0.166. The van der Waals surface area contributed by atoms with Crippen LogP contribution in [-0.2, 0) is 27.4 Å². The minimum absolute atomic E-state index is 0.000857. The fourth-order valence-electron chi connectivity index (χ4n) is 3.54. The van der Waals surface area contributed by atoms with E-state index in [1.807, 2.05) is 30.3 Å². The minimum Gasteiger partial charge on any atom is -0.489 e. The van der Waals surface area contributed by atoms with E-state index in [-0.39, 0.29) is 22.0 Å². The second-order valence-electron chi connectivity index (χ2n) is 8.88. The summed E-state index contributed by atoms with van der Waals surface area (Å²) in [5.41, 5.74) is 5.11. The lowest BCUT2D eigenvalue weighted by molar-refractivity contribution is -0.139. The van der Waals surface area contributed by atoms with Crippen LogP contribution in [0.5, 0.6) is 5.75 Å². The average Bonchev–Trinajstić information content (AvgIpc) is 3.38. The standard InChI is InChI=1S/C26H25F3N3O5PS/c1-25(30,16-37-38(33,34)35)24-31-14-22(32-24)18-10-11-23(21(12-18)26(27,28)29)39-20-9-5-8-19(13-20)36-15-17-6-3-2-4-7-17/h2-14H,15-16,30H2,1H3,(H,31,32)(H2,33,34,35)/t25-/m0/s1. The molecule has 0 unspecified atom stereocenters. The Kier molecular flexibility index (Phi) is 8.55. The van der Waals surface area contributed by atoms with Gasteiger partial charge in [-0.1, -0.05) is 54.2 Å².